The van der Waals surface area contributed by atoms with Crippen LogP contribution in [0, 0.1) is 0 Å². The van der Waals surface area contributed by atoms with Crippen molar-refractivity contribution in [2.75, 3.05) is 13.7 Å². The number of nitrogens with two attached hydrogens (primary N) is 1. The molecule has 38 heavy (non-hydrogen) atoms. The molecule has 0 spiro atoms. The summed E-state index contributed by atoms with van der Waals surface area (Å²) in [7, 11) is 1.60. The third-order valence-corrected chi connectivity index (χ3v) is 6.16. The van der Waals surface area contributed by atoms with Crippen LogP contribution in [-0.2, 0) is 22.6 Å². The quantitative estimate of drug-likeness (QED) is 0.0992. The zero-order valence-corrected chi connectivity index (χ0v) is 22.0. The Kier molecular flexibility index (Phi) is 8.15. The van der Waals surface area contributed by atoms with Crippen LogP contribution in [0.15, 0.2) is 65.8 Å². The van der Waals surface area contributed by atoms with Crippen molar-refractivity contribution in [2.45, 2.75) is 39.8 Å². The molecule has 0 fully saturated rings. The van der Waals surface area contributed by atoms with E-state index in [0.717, 1.165) is 33.3 Å². The van der Waals surface area contributed by atoms with Crippen molar-refractivity contribution >= 4 is 22.7 Å². The first-order valence-corrected chi connectivity index (χ1v) is 12.4. The summed E-state index contributed by atoms with van der Waals surface area (Å²) in [5.74, 6) is 0.974. The highest BCUT2D eigenvalue weighted by Gasteiger charge is 2.17. The number of fused-ring (bicyclic) bond motifs is 1. The van der Waals surface area contributed by atoms with Gasteiger partial charge in [0.2, 0.25) is 0 Å². The number of carbonyl (C=O) groups is 1. The Morgan fingerprint density at radius 2 is 1.89 bits per heavy atom. The molecule has 4 rings (SSSR count). The summed E-state index contributed by atoms with van der Waals surface area (Å²) in [5.41, 5.74) is 10.6. The van der Waals surface area contributed by atoms with E-state index in [-0.39, 0.29) is 30.9 Å². The molecule has 0 aliphatic rings. The number of carbonyl (C=O) groups excluding carboxylic acids is 1. The monoisotopic (exact) mass is 516 g/mol. The van der Waals surface area contributed by atoms with E-state index in [9.17, 15) is 4.79 Å². The number of amidine groups is 1. The summed E-state index contributed by atoms with van der Waals surface area (Å²) in [5, 5.41) is 18.0. The maximum atomic E-state index is 12.1. The van der Waals surface area contributed by atoms with Crippen molar-refractivity contribution in [2.24, 2.45) is 10.9 Å². The summed E-state index contributed by atoms with van der Waals surface area (Å²) in [6, 6.07) is 19.0. The van der Waals surface area contributed by atoms with Gasteiger partial charge in [0.1, 0.15) is 23.8 Å². The van der Waals surface area contributed by atoms with Crippen molar-refractivity contribution in [3.63, 3.8) is 0 Å². The van der Waals surface area contributed by atoms with Crippen LogP contribution in [0.1, 0.15) is 43.6 Å². The highest BCUT2D eigenvalue weighted by atomic mass is 16.5. The van der Waals surface area contributed by atoms with Crippen molar-refractivity contribution in [3.8, 4) is 22.6 Å². The molecule has 9 heteroatoms. The molecular formula is C29H32N4O5. The molecule has 0 saturated heterocycles. The standard InChI is InChI=1S/C29H32N4O5/c1-5-37-28(34)16-20-8-6-7-9-26(20)38-17-24-23-14-19(10-12-25(23)33(31-24)18(2)3)22-15-21(29(30)32-35)11-13-27(22)36-4/h6-15,18,35H,5,16-17H2,1-4H3,(H2,30,32). The topological polar surface area (TPSA) is 121 Å². The normalized spacial score (nSPS) is 11.7. The number of methoxy groups -OCH3 is 1. The minimum Gasteiger partial charge on any atom is -0.496 e. The summed E-state index contributed by atoms with van der Waals surface area (Å²) in [4.78, 5) is 12.1. The van der Waals surface area contributed by atoms with Crippen LogP contribution in [0.25, 0.3) is 22.0 Å². The largest absolute Gasteiger partial charge is 0.496 e. The SMILES string of the molecule is CCOC(=O)Cc1ccccc1OCc1nn(C(C)C)c2ccc(-c3cc(/C(N)=N\O)ccc3OC)cc12. The lowest BCUT2D eigenvalue weighted by Crippen LogP contribution is -2.13. The van der Waals surface area contributed by atoms with E-state index in [1.807, 2.05) is 53.2 Å². The Balaban J connectivity index is 1.73. The molecule has 0 saturated carbocycles. The molecule has 1 heterocycles. The van der Waals surface area contributed by atoms with E-state index in [0.29, 0.717) is 23.7 Å². The molecule has 1 aromatic heterocycles. The van der Waals surface area contributed by atoms with Crippen LogP contribution in [0.2, 0.25) is 0 Å². The lowest BCUT2D eigenvalue weighted by molar-refractivity contribution is -0.142. The predicted molar refractivity (Wildman–Crippen MR) is 146 cm³/mol. The van der Waals surface area contributed by atoms with E-state index >= 15 is 0 Å². The zero-order valence-electron chi connectivity index (χ0n) is 22.0. The zero-order chi connectivity index (χ0) is 27.2. The van der Waals surface area contributed by atoms with E-state index in [2.05, 4.69) is 19.0 Å². The van der Waals surface area contributed by atoms with Gasteiger partial charge in [0.15, 0.2) is 5.84 Å². The summed E-state index contributed by atoms with van der Waals surface area (Å²) in [6.07, 6.45) is 0.131. The minimum absolute atomic E-state index is 0.0122. The van der Waals surface area contributed by atoms with Gasteiger partial charge in [-0.1, -0.05) is 29.4 Å². The first-order chi connectivity index (χ1) is 18.4. The number of ether oxygens (including phenoxy) is 3. The molecule has 0 aliphatic heterocycles. The lowest BCUT2D eigenvalue weighted by atomic mass is 9.99. The van der Waals surface area contributed by atoms with Gasteiger partial charge in [0.25, 0.3) is 0 Å². The number of oxime groups is 1. The second kappa shape index (κ2) is 11.7. The maximum absolute atomic E-state index is 12.1. The Morgan fingerprint density at radius 1 is 1.11 bits per heavy atom. The number of hydrogen-bond donors (Lipinski definition) is 2. The fourth-order valence-electron chi connectivity index (χ4n) is 4.33. The Bertz CT molecular complexity index is 1480. The fraction of sp³-hybridized carbons (Fsp3) is 0.276. The van der Waals surface area contributed by atoms with Crippen molar-refractivity contribution in [1.29, 1.82) is 0 Å². The van der Waals surface area contributed by atoms with E-state index in [4.69, 9.17) is 30.3 Å². The van der Waals surface area contributed by atoms with Crippen LogP contribution in [0.5, 0.6) is 11.5 Å². The van der Waals surface area contributed by atoms with Crippen molar-refractivity contribution < 1.29 is 24.2 Å². The number of benzene rings is 3. The van der Waals surface area contributed by atoms with Crippen molar-refractivity contribution in [1.82, 2.24) is 9.78 Å². The average Bonchev–Trinajstić information content (AvgIpc) is 3.30. The molecule has 3 aromatic carbocycles. The Hall–Kier alpha value is -4.53. The highest BCUT2D eigenvalue weighted by Crippen LogP contribution is 2.35. The van der Waals surface area contributed by atoms with Crippen LogP contribution >= 0.6 is 0 Å². The van der Waals surface area contributed by atoms with Crippen LogP contribution < -0.4 is 15.2 Å². The Labute approximate surface area is 221 Å². The van der Waals surface area contributed by atoms with Gasteiger partial charge in [0.05, 0.1) is 25.7 Å². The number of esters is 1. The molecule has 198 valence electrons. The van der Waals surface area contributed by atoms with Gasteiger partial charge in [-0.3, -0.25) is 9.48 Å². The van der Waals surface area contributed by atoms with Gasteiger partial charge < -0.3 is 25.2 Å². The van der Waals surface area contributed by atoms with Crippen LogP contribution in [0.3, 0.4) is 0 Å². The lowest BCUT2D eigenvalue weighted by Gasteiger charge is -2.12. The molecule has 0 aliphatic carbocycles. The number of para-hydroxylation sites is 1. The van der Waals surface area contributed by atoms with Crippen molar-refractivity contribution in [3.05, 3.63) is 77.5 Å². The molecule has 0 bridgehead atoms. The summed E-state index contributed by atoms with van der Waals surface area (Å²) < 4.78 is 18.9. The third-order valence-electron chi connectivity index (χ3n) is 6.16. The van der Waals surface area contributed by atoms with Crippen LogP contribution in [-0.4, -0.2) is 40.5 Å². The first kappa shape index (κ1) is 26.5. The third kappa shape index (κ3) is 5.56. The summed E-state index contributed by atoms with van der Waals surface area (Å²) >= 11 is 0. The second-order valence-electron chi connectivity index (χ2n) is 9.00. The van der Waals surface area contributed by atoms with Gasteiger partial charge in [-0.15, -0.1) is 0 Å². The molecule has 9 nitrogen and oxygen atoms in total. The summed E-state index contributed by atoms with van der Waals surface area (Å²) in [6.45, 7) is 6.47. The number of rotatable bonds is 10. The maximum Gasteiger partial charge on any atom is 0.310 e. The minimum atomic E-state index is -0.300. The fourth-order valence-corrected chi connectivity index (χ4v) is 4.33. The average molecular weight is 517 g/mol. The van der Waals surface area contributed by atoms with Gasteiger partial charge in [-0.25, -0.2) is 0 Å². The van der Waals surface area contributed by atoms with Gasteiger partial charge in [0, 0.05) is 28.1 Å². The second-order valence-corrected chi connectivity index (χ2v) is 9.00. The molecule has 0 amide bonds. The Morgan fingerprint density at radius 3 is 2.61 bits per heavy atom. The van der Waals surface area contributed by atoms with Crippen LogP contribution in [0.4, 0.5) is 0 Å². The van der Waals surface area contributed by atoms with Gasteiger partial charge in [-0.2, -0.15) is 5.10 Å². The smallest absolute Gasteiger partial charge is 0.310 e. The molecule has 0 unspecified atom stereocenters. The highest BCUT2D eigenvalue weighted by molar-refractivity contribution is 5.99. The van der Waals surface area contributed by atoms with E-state index < -0.39 is 0 Å². The number of nitrogens with zero attached hydrogens (tertiary/aromatic N) is 3. The molecule has 3 N–H and O–H groups in total. The van der Waals surface area contributed by atoms with E-state index in [1.54, 1.807) is 26.2 Å². The number of hydrogen-bond acceptors (Lipinski definition) is 7. The van der Waals surface area contributed by atoms with Gasteiger partial charge >= 0.3 is 5.97 Å². The van der Waals surface area contributed by atoms with E-state index in [1.165, 1.54) is 0 Å². The first-order valence-electron chi connectivity index (χ1n) is 12.4. The molecular weight excluding hydrogens is 484 g/mol. The molecule has 0 atom stereocenters. The number of aromatic nitrogens is 2. The molecule has 0 radical (unpaired) electrons. The molecule has 4 aromatic rings. The predicted octanol–water partition coefficient (Wildman–Crippen LogP) is 5.07. The van der Waals surface area contributed by atoms with Gasteiger partial charge in [-0.05, 0) is 62.7 Å².